The summed E-state index contributed by atoms with van der Waals surface area (Å²) in [7, 11) is 0. The largest absolute Gasteiger partial charge is 0.353 e. The van der Waals surface area contributed by atoms with Gasteiger partial charge in [0.1, 0.15) is 0 Å². The van der Waals surface area contributed by atoms with Gasteiger partial charge in [0.2, 0.25) is 11.8 Å². The second-order valence-corrected chi connectivity index (χ2v) is 9.46. The first-order valence-corrected chi connectivity index (χ1v) is 11.7. The van der Waals surface area contributed by atoms with E-state index in [4.69, 9.17) is 0 Å². The van der Waals surface area contributed by atoms with Gasteiger partial charge < -0.3 is 15.1 Å². The highest BCUT2D eigenvalue weighted by Gasteiger charge is 2.32. The summed E-state index contributed by atoms with van der Waals surface area (Å²) in [5.41, 5.74) is 2.35. The molecule has 156 valence electrons. The van der Waals surface area contributed by atoms with E-state index in [0.717, 1.165) is 38.8 Å². The number of carbonyl (C=O) groups is 2. The maximum absolute atomic E-state index is 12.9. The zero-order valence-electron chi connectivity index (χ0n) is 17.0. The number of nitrogens with one attached hydrogen (secondary N) is 1. The van der Waals surface area contributed by atoms with Crippen LogP contribution in [0.25, 0.3) is 0 Å². The summed E-state index contributed by atoms with van der Waals surface area (Å²) >= 11 is 1.79. The van der Waals surface area contributed by atoms with E-state index in [1.54, 1.807) is 11.8 Å². The molecule has 2 heterocycles. The number of para-hydroxylation sites is 2. The highest BCUT2D eigenvalue weighted by molar-refractivity contribution is 7.99. The summed E-state index contributed by atoms with van der Waals surface area (Å²) in [6.07, 6.45) is 4.27. The Labute approximate surface area is 181 Å². The maximum atomic E-state index is 12.9. The Kier molecular flexibility index (Phi) is 5.42. The van der Waals surface area contributed by atoms with Gasteiger partial charge in [-0.15, -0.1) is 0 Å². The molecule has 5 rings (SSSR count). The number of hydrogen-bond acceptors (Lipinski definition) is 4. The molecule has 1 aliphatic carbocycles. The smallest absolute Gasteiger partial charge is 0.224 e. The van der Waals surface area contributed by atoms with E-state index >= 15 is 0 Å². The number of piperidine rings is 1. The minimum Gasteiger partial charge on any atom is -0.353 e. The first-order chi connectivity index (χ1) is 14.7. The van der Waals surface area contributed by atoms with Gasteiger partial charge in [0.25, 0.3) is 0 Å². The standard InChI is InChI=1S/C24H27N3O2S/c28-23(26-14-11-18(12-15-26)25-24(29)17-9-10-17)13-16-27-19-5-1-3-7-21(19)30-22-8-4-2-6-20(22)27/h1-8,17-18H,9-16H2,(H,25,29). The van der Waals surface area contributed by atoms with E-state index in [-0.39, 0.29) is 23.8 Å². The van der Waals surface area contributed by atoms with Crippen LogP contribution in [0.15, 0.2) is 58.3 Å². The van der Waals surface area contributed by atoms with E-state index in [1.165, 1.54) is 21.2 Å². The third-order valence-electron chi connectivity index (χ3n) is 6.22. The average Bonchev–Trinajstić information content (AvgIpc) is 3.62. The summed E-state index contributed by atoms with van der Waals surface area (Å²) in [5.74, 6) is 0.661. The SMILES string of the molecule is O=C(NC1CCN(C(=O)CCN2c3ccccc3Sc3ccccc32)CC1)C1CC1. The molecular weight excluding hydrogens is 394 g/mol. The van der Waals surface area contributed by atoms with Crippen molar-refractivity contribution >= 4 is 35.0 Å². The normalized spacial score (nSPS) is 18.5. The molecule has 0 radical (unpaired) electrons. The Hall–Kier alpha value is -2.47. The van der Waals surface area contributed by atoms with Crippen molar-refractivity contribution in [3.05, 3.63) is 48.5 Å². The van der Waals surface area contributed by atoms with Gasteiger partial charge in [-0.2, -0.15) is 0 Å². The molecule has 2 fully saturated rings. The van der Waals surface area contributed by atoms with Gasteiger partial charge in [-0.3, -0.25) is 9.59 Å². The fourth-order valence-corrected chi connectivity index (χ4v) is 5.42. The average molecular weight is 422 g/mol. The molecule has 2 aromatic carbocycles. The van der Waals surface area contributed by atoms with Crippen LogP contribution in [0, 0.1) is 5.92 Å². The quantitative estimate of drug-likeness (QED) is 0.786. The van der Waals surface area contributed by atoms with Crippen LogP contribution in [0.4, 0.5) is 11.4 Å². The van der Waals surface area contributed by atoms with Crippen molar-refractivity contribution in [2.45, 2.75) is 47.9 Å². The first-order valence-electron chi connectivity index (χ1n) is 10.9. The van der Waals surface area contributed by atoms with Crippen LogP contribution < -0.4 is 10.2 Å². The molecule has 0 unspecified atom stereocenters. The highest BCUT2D eigenvalue weighted by Crippen LogP contribution is 2.47. The summed E-state index contributed by atoms with van der Waals surface area (Å²) in [6, 6.07) is 17.0. The van der Waals surface area contributed by atoms with Gasteiger partial charge in [0.15, 0.2) is 0 Å². The van der Waals surface area contributed by atoms with E-state index in [0.29, 0.717) is 13.0 Å². The summed E-state index contributed by atoms with van der Waals surface area (Å²) in [4.78, 5) is 31.6. The summed E-state index contributed by atoms with van der Waals surface area (Å²) < 4.78 is 0. The van der Waals surface area contributed by atoms with Gasteiger partial charge in [0.05, 0.1) is 11.4 Å². The lowest BCUT2D eigenvalue weighted by atomic mass is 10.0. The lowest BCUT2D eigenvalue weighted by Crippen LogP contribution is -2.47. The maximum Gasteiger partial charge on any atom is 0.224 e. The van der Waals surface area contributed by atoms with Gasteiger partial charge >= 0.3 is 0 Å². The number of fused-ring (bicyclic) bond motifs is 2. The fraction of sp³-hybridized carbons (Fsp3) is 0.417. The van der Waals surface area contributed by atoms with E-state index in [9.17, 15) is 9.59 Å². The van der Waals surface area contributed by atoms with Crippen LogP contribution >= 0.6 is 11.8 Å². The van der Waals surface area contributed by atoms with Crippen molar-refractivity contribution in [2.24, 2.45) is 5.92 Å². The number of benzene rings is 2. The molecule has 2 aliphatic heterocycles. The molecule has 2 aromatic rings. The molecule has 1 saturated carbocycles. The van der Waals surface area contributed by atoms with Crippen molar-refractivity contribution in [1.29, 1.82) is 0 Å². The molecule has 0 spiro atoms. The van der Waals surface area contributed by atoms with Crippen LogP contribution in [0.3, 0.4) is 0 Å². The lowest BCUT2D eigenvalue weighted by Gasteiger charge is -2.35. The second kappa shape index (κ2) is 8.34. The van der Waals surface area contributed by atoms with E-state index in [2.05, 4.69) is 58.7 Å². The van der Waals surface area contributed by atoms with Crippen LogP contribution in [-0.2, 0) is 9.59 Å². The predicted octanol–water partition coefficient (Wildman–Crippen LogP) is 4.20. The highest BCUT2D eigenvalue weighted by atomic mass is 32.2. The molecule has 1 saturated heterocycles. The minimum atomic E-state index is 0.204. The van der Waals surface area contributed by atoms with Crippen LogP contribution in [0.2, 0.25) is 0 Å². The Morgan fingerprint density at radius 3 is 2.10 bits per heavy atom. The first kappa shape index (κ1) is 19.5. The van der Waals surface area contributed by atoms with Crippen molar-refractivity contribution in [3.63, 3.8) is 0 Å². The van der Waals surface area contributed by atoms with Crippen molar-refractivity contribution < 1.29 is 9.59 Å². The van der Waals surface area contributed by atoms with Gasteiger partial charge in [0, 0.05) is 47.8 Å². The van der Waals surface area contributed by atoms with Crippen LogP contribution in [0.1, 0.15) is 32.1 Å². The van der Waals surface area contributed by atoms with E-state index in [1.807, 2.05) is 4.90 Å². The number of carbonyl (C=O) groups excluding carboxylic acids is 2. The zero-order chi connectivity index (χ0) is 20.5. The van der Waals surface area contributed by atoms with Crippen molar-refractivity contribution in [2.75, 3.05) is 24.5 Å². The monoisotopic (exact) mass is 421 g/mol. The molecule has 0 aromatic heterocycles. The molecule has 2 amide bonds. The number of anilines is 2. The third kappa shape index (κ3) is 4.06. The Morgan fingerprint density at radius 1 is 0.900 bits per heavy atom. The van der Waals surface area contributed by atoms with E-state index < -0.39 is 0 Å². The number of rotatable bonds is 5. The number of hydrogen-bond donors (Lipinski definition) is 1. The van der Waals surface area contributed by atoms with Gasteiger partial charge in [-0.1, -0.05) is 36.0 Å². The van der Waals surface area contributed by atoms with Crippen LogP contribution in [-0.4, -0.2) is 42.4 Å². The fourth-order valence-electron chi connectivity index (χ4n) is 4.33. The lowest BCUT2D eigenvalue weighted by molar-refractivity contribution is -0.132. The summed E-state index contributed by atoms with van der Waals surface area (Å²) in [6.45, 7) is 2.14. The van der Waals surface area contributed by atoms with Crippen LogP contribution in [0.5, 0.6) is 0 Å². The summed E-state index contributed by atoms with van der Waals surface area (Å²) in [5, 5.41) is 3.16. The minimum absolute atomic E-state index is 0.204. The Morgan fingerprint density at radius 2 is 1.50 bits per heavy atom. The number of likely N-dealkylation sites (tertiary alicyclic amines) is 1. The van der Waals surface area contributed by atoms with Gasteiger partial charge in [-0.25, -0.2) is 0 Å². The molecule has 6 heteroatoms. The Balaban J connectivity index is 1.19. The topological polar surface area (TPSA) is 52.7 Å². The molecular formula is C24H27N3O2S. The molecule has 3 aliphatic rings. The number of nitrogens with zero attached hydrogens (tertiary/aromatic N) is 2. The molecule has 1 N–H and O–H groups in total. The number of amides is 2. The van der Waals surface area contributed by atoms with Gasteiger partial charge in [-0.05, 0) is 49.9 Å². The van der Waals surface area contributed by atoms with Crippen molar-refractivity contribution in [3.8, 4) is 0 Å². The molecule has 30 heavy (non-hydrogen) atoms. The predicted molar refractivity (Wildman–Crippen MR) is 119 cm³/mol. The molecule has 0 atom stereocenters. The Bertz CT molecular complexity index is 905. The molecule has 5 nitrogen and oxygen atoms in total. The third-order valence-corrected chi connectivity index (χ3v) is 7.35. The molecule has 0 bridgehead atoms. The zero-order valence-corrected chi connectivity index (χ0v) is 17.9. The second-order valence-electron chi connectivity index (χ2n) is 8.38. The van der Waals surface area contributed by atoms with Crippen molar-refractivity contribution in [1.82, 2.24) is 10.2 Å².